The lowest BCUT2D eigenvalue weighted by atomic mass is 9.99. The molecule has 0 aliphatic carbocycles. The predicted octanol–water partition coefficient (Wildman–Crippen LogP) is 8.73. The summed E-state index contributed by atoms with van der Waals surface area (Å²) in [5.74, 6) is 0.445. The summed E-state index contributed by atoms with van der Waals surface area (Å²) in [6.07, 6.45) is 7.17. The number of nitrogens with zero attached hydrogens (tertiary/aromatic N) is 2. The number of fused-ring (bicyclic) bond motifs is 1. The van der Waals surface area contributed by atoms with Gasteiger partial charge in [-0.3, -0.25) is 9.69 Å². The molecule has 0 atom stereocenters. The van der Waals surface area contributed by atoms with Crippen molar-refractivity contribution in [3.05, 3.63) is 119 Å². The molecule has 51 heavy (non-hydrogen) atoms. The maximum atomic E-state index is 14.7. The molecule has 1 N–H and O–H groups in total. The van der Waals surface area contributed by atoms with E-state index < -0.39 is 0 Å². The largest absolute Gasteiger partial charge is 0.493 e. The fourth-order valence-electron chi connectivity index (χ4n) is 6.88. The monoisotopic (exact) mass is 691 g/mol. The summed E-state index contributed by atoms with van der Waals surface area (Å²) < 4.78 is 31.1. The zero-order chi connectivity index (χ0) is 35.4. The molecule has 0 spiro atoms. The van der Waals surface area contributed by atoms with Gasteiger partial charge in [0.2, 0.25) is 0 Å². The minimum atomic E-state index is -0.233. The number of anilines is 2. The number of ether oxygens (including phenoxy) is 3. The molecule has 4 aromatic rings. The fraction of sp³-hybridized carbons (Fsp3) is 0.372. The Hall–Kier alpha value is -4.50. The van der Waals surface area contributed by atoms with Crippen LogP contribution in [0.2, 0.25) is 0 Å². The summed E-state index contributed by atoms with van der Waals surface area (Å²) in [6.45, 7) is 8.02. The molecule has 0 saturated carbocycles. The molecule has 3 aliphatic rings. The molecule has 7 rings (SSSR count). The molecular formula is C43H50FN3O4. The molecule has 3 heterocycles. The highest BCUT2D eigenvalue weighted by atomic mass is 19.1. The summed E-state index contributed by atoms with van der Waals surface area (Å²) >= 11 is 0. The average molecular weight is 692 g/mol. The van der Waals surface area contributed by atoms with Gasteiger partial charge in [0.15, 0.2) is 0 Å². The lowest BCUT2D eigenvalue weighted by molar-refractivity contribution is -0.112. The Morgan fingerprint density at radius 3 is 2.37 bits per heavy atom. The standard InChI is InChI=1S/C39H42FN3O3.C4H8O/c1-3-46-38-11-7-5-9-35(38)29-14-17-37-32(24-29)25-30(18-21-43(37)27-31-8-4-6-10-36(31)40)39(44)41-33-15-12-28(13-16-33)26-42(2)34-19-22-45-23-20-34;1-2-4-5-3-1/h4-17,24-25,34H,3,18-23,26-27H2,1-2H3,(H,41,44);1-4H2. The number of benzene rings is 4. The minimum absolute atomic E-state index is 0.133. The summed E-state index contributed by atoms with van der Waals surface area (Å²) in [5.41, 5.74) is 7.11. The van der Waals surface area contributed by atoms with Crippen LogP contribution in [0.15, 0.2) is 96.6 Å². The number of rotatable bonds is 10. The van der Waals surface area contributed by atoms with Crippen LogP contribution in [0.4, 0.5) is 15.8 Å². The first-order valence-corrected chi connectivity index (χ1v) is 18.3. The Morgan fingerprint density at radius 1 is 0.922 bits per heavy atom. The lowest BCUT2D eigenvalue weighted by Crippen LogP contribution is -2.36. The molecule has 8 heteroatoms. The van der Waals surface area contributed by atoms with Gasteiger partial charge in [-0.25, -0.2) is 4.39 Å². The van der Waals surface area contributed by atoms with E-state index in [1.807, 2.05) is 61.5 Å². The van der Waals surface area contributed by atoms with Crippen molar-refractivity contribution in [1.82, 2.24) is 4.90 Å². The third-order valence-electron chi connectivity index (χ3n) is 9.74. The van der Waals surface area contributed by atoms with E-state index in [0.717, 1.165) is 79.6 Å². The predicted molar refractivity (Wildman–Crippen MR) is 204 cm³/mol. The number of para-hydroxylation sites is 1. The number of hydrogen-bond donors (Lipinski definition) is 1. The van der Waals surface area contributed by atoms with Crippen molar-refractivity contribution in [2.45, 2.75) is 58.2 Å². The van der Waals surface area contributed by atoms with Gasteiger partial charge in [0.25, 0.3) is 5.91 Å². The van der Waals surface area contributed by atoms with E-state index in [-0.39, 0.29) is 11.7 Å². The maximum absolute atomic E-state index is 14.7. The number of amides is 1. The van der Waals surface area contributed by atoms with Gasteiger partial charge in [0.05, 0.1) is 6.61 Å². The highest BCUT2D eigenvalue weighted by Gasteiger charge is 2.22. The van der Waals surface area contributed by atoms with E-state index in [1.165, 1.54) is 24.5 Å². The lowest BCUT2D eigenvalue weighted by Gasteiger charge is -2.31. The van der Waals surface area contributed by atoms with Crippen LogP contribution in [0.3, 0.4) is 0 Å². The van der Waals surface area contributed by atoms with Crippen molar-refractivity contribution in [2.75, 3.05) is 56.8 Å². The van der Waals surface area contributed by atoms with Crippen LogP contribution in [-0.2, 0) is 27.4 Å². The molecule has 0 aromatic heterocycles. The van der Waals surface area contributed by atoms with Crippen molar-refractivity contribution >= 4 is 23.4 Å². The summed E-state index contributed by atoms with van der Waals surface area (Å²) in [7, 11) is 2.17. The molecule has 2 saturated heterocycles. The molecule has 0 unspecified atom stereocenters. The van der Waals surface area contributed by atoms with Crippen LogP contribution >= 0.6 is 0 Å². The topological polar surface area (TPSA) is 63.3 Å². The van der Waals surface area contributed by atoms with Gasteiger partial charge < -0.3 is 24.4 Å². The Balaban J connectivity index is 0.000000825. The van der Waals surface area contributed by atoms with E-state index in [1.54, 1.807) is 6.07 Å². The van der Waals surface area contributed by atoms with E-state index in [2.05, 4.69) is 52.5 Å². The highest BCUT2D eigenvalue weighted by molar-refractivity contribution is 6.07. The van der Waals surface area contributed by atoms with Crippen molar-refractivity contribution in [3.63, 3.8) is 0 Å². The third-order valence-corrected chi connectivity index (χ3v) is 9.74. The third kappa shape index (κ3) is 9.85. The van der Waals surface area contributed by atoms with Crippen molar-refractivity contribution in [3.8, 4) is 16.9 Å². The van der Waals surface area contributed by atoms with Gasteiger partial charge in [0.1, 0.15) is 11.6 Å². The van der Waals surface area contributed by atoms with Crippen LogP contribution < -0.4 is 15.0 Å². The van der Waals surface area contributed by atoms with E-state index in [0.29, 0.717) is 43.3 Å². The van der Waals surface area contributed by atoms with E-state index >= 15 is 0 Å². The van der Waals surface area contributed by atoms with Gasteiger partial charge in [0, 0.05) is 80.2 Å². The quantitative estimate of drug-likeness (QED) is 0.180. The minimum Gasteiger partial charge on any atom is -0.493 e. The molecule has 268 valence electrons. The van der Waals surface area contributed by atoms with Gasteiger partial charge in [-0.1, -0.05) is 54.6 Å². The van der Waals surface area contributed by atoms with Crippen LogP contribution in [0, 0.1) is 5.82 Å². The number of halogens is 1. The molecular weight excluding hydrogens is 641 g/mol. The second kappa shape index (κ2) is 18.1. The Kier molecular flexibility index (Phi) is 12.9. The zero-order valence-electron chi connectivity index (χ0n) is 29.9. The number of carbonyl (C=O) groups is 1. The molecule has 1 amide bonds. The first kappa shape index (κ1) is 36.3. The highest BCUT2D eigenvalue weighted by Crippen LogP contribution is 2.37. The fourth-order valence-corrected chi connectivity index (χ4v) is 6.88. The molecule has 0 radical (unpaired) electrons. The molecule has 0 bridgehead atoms. The molecule has 4 aromatic carbocycles. The van der Waals surface area contributed by atoms with Crippen LogP contribution in [-0.4, -0.2) is 63.5 Å². The SMILES string of the molecule is C1CCOC1.CCOc1ccccc1-c1ccc2c(c1)C=C(C(=O)Nc1ccc(CN(C)C3CCOCC3)cc1)CCN2Cc1ccccc1F. The van der Waals surface area contributed by atoms with Gasteiger partial charge >= 0.3 is 0 Å². The number of hydrogen-bond acceptors (Lipinski definition) is 6. The average Bonchev–Trinajstić information content (AvgIpc) is 3.70. The first-order valence-electron chi connectivity index (χ1n) is 18.3. The Labute approximate surface area is 302 Å². The zero-order valence-corrected chi connectivity index (χ0v) is 29.9. The van der Waals surface area contributed by atoms with Crippen LogP contribution in [0.25, 0.3) is 17.2 Å². The molecule has 7 nitrogen and oxygen atoms in total. The van der Waals surface area contributed by atoms with Crippen LogP contribution in [0.5, 0.6) is 5.75 Å². The second-order valence-corrected chi connectivity index (χ2v) is 13.4. The van der Waals surface area contributed by atoms with Crippen LogP contribution in [0.1, 0.15) is 55.7 Å². The van der Waals surface area contributed by atoms with E-state index in [4.69, 9.17) is 14.2 Å². The van der Waals surface area contributed by atoms with Gasteiger partial charge in [-0.15, -0.1) is 0 Å². The summed E-state index contributed by atoms with van der Waals surface area (Å²) in [6, 6.07) is 29.8. The first-order chi connectivity index (χ1) is 25.0. The van der Waals surface area contributed by atoms with Gasteiger partial charge in [-0.05, 0) is 105 Å². The maximum Gasteiger partial charge on any atom is 0.251 e. The number of nitrogens with one attached hydrogen (secondary N) is 1. The smallest absolute Gasteiger partial charge is 0.251 e. The second-order valence-electron chi connectivity index (χ2n) is 13.4. The van der Waals surface area contributed by atoms with Crippen molar-refractivity contribution in [1.29, 1.82) is 0 Å². The Bertz CT molecular complexity index is 1760. The van der Waals surface area contributed by atoms with Gasteiger partial charge in [-0.2, -0.15) is 0 Å². The Morgan fingerprint density at radius 2 is 1.65 bits per heavy atom. The molecule has 3 aliphatic heterocycles. The summed E-state index contributed by atoms with van der Waals surface area (Å²) in [4.78, 5) is 18.3. The van der Waals surface area contributed by atoms with Crippen molar-refractivity contribution in [2.24, 2.45) is 0 Å². The number of carbonyl (C=O) groups excluding carboxylic acids is 1. The molecule has 2 fully saturated rings. The summed E-state index contributed by atoms with van der Waals surface area (Å²) in [5, 5.41) is 3.12. The van der Waals surface area contributed by atoms with E-state index in [9.17, 15) is 9.18 Å². The normalized spacial score (nSPS) is 16.1. The van der Waals surface area contributed by atoms with Crippen molar-refractivity contribution < 1.29 is 23.4 Å².